The predicted octanol–water partition coefficient (Wildman–Crippen LogP) is 4.72. The van der Waals surface area contributed by atoms with Crippen LogP contribution in [-0.2, 0) is 0 Å². The summed E-state index contributed by atoms with van der Waals surface area (Å²) in [7, 11) is 0. The second kappa shape index (κ2) is 5.48. The zero-order chi connectivity index (χ0) is 14.0. The summed E-state index contributed by atoms with van der Waals surface area (Å²) < 4.78 is 32.6. The minimum Gasteiger partial charge on any atom is -0.454 e. The number of ketones is 1. The van der Waals surface area contributed by atoms with E-state index in [0.29, 0.717) is 4.47 Å². The van der Waals surface area contributed by atoms with Gasteiger partial charge in [0.25, 0.3) is 0 Å². The van der Waals surface area contributed by atoms with Crippen molar-refractivity contribution in [3.8, 4) is 11.5 Å². The van der Waals surface area contributed by atoms with Gasteiger partial charge in [0.2, 0.25) is 0 Å². The van der Waals surface area contributed by atoms with Gasteiger partial charge in [0.15, 0.2) is 17.3 Å². The van der Waals surface area contributed by atoms with E-state index in [0.717, 1.165) is 12.1 Å². The molecular weight excluding hydrogens is 318 g/mol. The highest BCUT2D eigenvalue weighted by atomic mass is 79.9. The van der Waals surface area contributed by atoms with Crippen LogP contribution in [0.15, 0.2) is 40.9 Å². The summed E-state index contributed by atoms with van der Waals surface area (Å²) >= 11 is 3.13. The first-order valence-electron chi connectivity index (χ1n) is 5.41. The first kappa shape index (κ1) is 13.7. The van der Waals surface area contributed by atoms with Crippen molar-refractivity contribution >= 4 is 21.7 Å². The number of ether oxygens (including phenoxy) is 1. The summed E-state index contributed by atoms with van der Waals surface area (Å²) in [5.41, 5.74) is 0.0716. The quantitative estimate of drug-likeness (QED) is 0.763. The van der Waals surface area contributed by atoms with Gasteiger partial charge in [0.1, 0.15) is 11.6 Å². The van der Waals surface area contributed by atoms with Crippen LogP contribution in [-0.4, -0.2) is 5.78 Å². The van der Waals surface area contributed by atoms with Gasteiger partial charge in [-0.15, -0.1) is 0 Å². The Labute approximate surface area is 117 Å². The molecule has 0 heterocycles. The van der Waals surface area contributed by atoms with Gasteiger partial charge in [-0.05, 0) is 43.3 Å². The maximum absolute atomic E-state index is 13.6. The molecule has 0 saturated carbocycles. The monoisotopic (exact) mass is 326 g/mol. The minimum absolute atomic E-state index is 0.0303. The Hall–Kier alpha value is -1.75. The van der Waals surface area contributed by atoms with E-state index < -0.39 is 11.6 Å². The van der Waals surface area contributed by atoms with E-state index in [2.05, 4.69) is 15.9 Å². The summed E-state index contributed by atoms with van der Waals surface area (Å²) in [6, 6.07) is 7.79. The summed E-state index contributed by atoms with van der Waals surface area (Å²) in [5, 5.41) is 0. The van der Waals surface area contributed by atoms with Gasteiger partial charge in [0.05, 0.1) is 5.56 Å². The molecule has 0 radical (unpaired) electrons. The number of carbonyl (C=O) groups is 1. The summed E-state index contributed by atoms with van der Waals surface area (Å²) in [6.07, 6.45) is 0. The normalized spacial score (nSPS) is 10.3. The smallest absolute Gasteiger partial charge is 0.166 e. The molecule has 2 aromatic rings. The molecule has 0 saturated heterocycles. The standard InChI is InChI=1S/C14H9BrF2O2/c1-8(18)11-7-10(16)3-5-13(11)19-14-4-2-9(15)6-12(14)17/h2-7H,1H3. The van der Waals surface area contributed by atoms with Gasteiger partial charge in [-0.2, -0.15) is 0 Å². The van der Waals surface area contributed by atoms with E-state index in [4.69, 9.17) is 4.74 Å². The molecule has 19 heavy (non-hydrogen) atoms. The van der Waals surface area contributed by atoms with Crippen LogP contribution in [0.4, 0.5) is 8.78 Å². The van der Waals surface area contributed by atoms with E-state index in [1.54, 1.807) is 6.07 Å². The van der Waals surface area contributed by atoms with Gasteiger partial charge >= 0.3 is 0 Å². The first-order valence-corrected chi connectivity index (χ1v) is 6.20. The summed E-state index contributed by atoms with van der Waals surface area (Å²) in [5.74, 6) is -1.39. The van der Waals surface area contributed by atoms with E-state index in [9.17, 15) is 13.6 Å². The highest BCUT2D eigenvalue weighted by molar-refractivity contribution is 9.10. The highest BCUT2D eigenvalue weighted by Gasteiger charge is 2.13. The molecule has 0 aromatic heterocycles. The van der Waals surface area contributed by atoms with Crippen LogP contribution in [0, 0.1) is 11.6 Å². The lowest BCUT2D eigenvalue weighted by Crippen LogP contribution is -1.99. The molecule has 0 fully saturated rings. The van der Waals surface area contributed by atoms with Gasteiger partial charge in [-0.1, -0.05) is 15.9 Å². The molecule has 0 N–H and O–H groups in total. The summed E-state index contributed by atoms with van der Waals surface area (Å²) in [6.45, 7) is 1.29. The lowest BCUT2D eigenvalue weighted by molar-refractivity contribution is 0.101. The molecule has 2 aromatic carbocycles. The van der Waals surface area contributed by atoms with E-state index >= 15 is 0 Å². The number of Topliss-reactive ketones (excluding diaryl/α,β-unsaturated/α-hetero) is 1. The van der Waals surface area contributed by atoms with Crippen molar-refractivity contribution in [1.82, 2.24) is 0 Å². The Morgan fingerprint density at radius 3 is 2.42 bits per heavy atom. The number of hydrogen-bond donors (Lipinski definition) is 0. The van der Waals surface area contributed by atoms with Crippen LogP contribution < -0.4 is 4.74 Å². The van der Waals surface area contributed by atoms with Crippen LogP contribution in [0.25, 0.3) is 0 Å². The Bertz CT molecular complexity index is 641. The van der Waals surface area contributed by atoms with Gasteiger partial charge < -0.3 is 4.74 Å². The van der Waals surface area contributed by atoms with E-state index in [1.165, 1.54) is 25.1 Å². The van der Waals surface area contributed by atoms with Crippen molar-refractivity contribution in [2.75, 3.05) is 0 Å². The van der Waals surface area contributed by atoms with Crippen LogP contribution in [0.5, 0.6) is 11.5 Å². The molecular formula is C14H9BrF2O2. The van der Waals surface area contributed by atoms with Crippen LogP contribution in [0.2, 0.25) is 0 Å². The van der Waals surface area contributed by atoms with Crippen molar-refractivity contribution < 1.29 is 18.3 Å². The number of rotatable bonds is 3. The van der Waals surface area contributed by atoms with Crippen molar-refractivity contribution in [1.29, 1.82) is 0 Å². The van der Waals surface area contributed by atoms with E-state index in [1.807, 2.05) is 0 Å². The van der Waals surface area contributed by atoms with Crippen molar-refractivity contribution in [3.63, 3.8) is 0 Å². The fraction of sp³-hybridized carbons (Fsp3) is 0.0714. The molecule has 0 aliphatic heterocycles. The lowest BCUT2D eigenvalue weighted by atomic mass is 10.1. The maximum Gasteiger partial charge on any atom is 0.166 e. The highest BCUT2D eigenvalue weighted by Crippen LogP contribution is 2.29. The fourth-order valence-corrected chi connectivity index (χ4v) is 1.88. The zero-order valence-electron chi connectivity index (χ0n) is 9.91. The Morgan fingerprint density at radius 2 is 1.79 bits per heavy atom. The molecule has 0 aliphatic carbocycles. The predicted molar refractivity (Wildman–Crippen MR) is 70.6 cm³/mol. The van der Waals surface area contributed by atoms with Crippen LogP contribution in [0.1, 0.15) is 17.3 Å². The van der Waals surface area contributed by atoms with Gasteiger partial charge in [-0.3, -0.25) is 4.79 Å². The molecule has 98 valence electrons. The third kappa shape index (κ3) is 3.17. The van der Waals surface area contributed by atoms with Crippen molar-refractivity contribution in [2.45, 2.75) is 6.92 Å². The van der Waals surface area contributed by atoms with Gasteiger partial charge in [-0.25, -0.2) is 8.78 Å². The molecule has 0 amide bonds. The number of benzene rings is 2. The molecule has 5 heteroatoms. The Balaban J connectivity index is 2.40. The second-order valence-corrected chi connectivity index (χ2v) is 4.79. The molecule has 0 bridgehead atoms. The van der Waals surface area contributed by atoms with E-state index in [-0.39, 0.29) is 22.8 Å². The third-order valence-corrected chi connectivity index (χ3v) is 2.93. The molecule has 0 atom stereocenters. The largest absolute Gasteiger partial charge is 0.454 e. The number of carbonyl (C=O) groups excluding carboxylic acids is 1. The lowest BCUT2D eigenvalue weighted by Gasteiger charge is -2.10. The topological polar surface area (TPSA) is 26.3 Å². The number of halogens is 3. The Morgan fingerprint density at radius 1 is 1.11 bits per heavy atom. The SMILES string of the molecule is CC(=O)c1cc(F)ccc1Oc1ccc(Br)cc1F. The molecule has 0 spiro atoms. The van der Waals surface area contributed by atoms with Crippen molar-refractivity contribution in [2.24, 2.45) is 0 Å². The molecule has 0 unspecified atom stereocenters. The second-order valence-electron chi connectivity index (χ2n) is 3.87. The third-order valence-electron chi connectivity index (χ3n) is 2.43. The minimum atomic E-state index is -0.576. The first-order chi connectivity index (χ1) is 8.97. The Kier molecular flexibility index (Phi) is 3.95. The molecule has 2 rings (SSSR count). The maximum atomic E-state index is 13.6. The van der Waals surface area contributed by atoms with Crippen molar-refractivity contribution in [3.05, 3.63) is 58.1 Å². The van der Waals surface area contributed by atoms with Crippen LogP contribution >= 0.6 is 15.9 Å². The fourth-order valence-electron chi connectivity index (χ4n) is 1.54. The number of hydrogen-bond acceptors (Lipinski definition) is 2. The van der Waals surface area contributed by atoms with Crippen LogP contribution in [0.3, 0.4) is 0 Å². The molecule has 2 nitrogen and oxygen atoms in total. The molecule has 0 aliphatic rings. The van der Waals surface area contributed by atoms with Gasteiger partial charge in [0, 0.05) is 4.47 Å². The summed E-state index contributed by atoms with van der Waals surface area (Å²) in [4.78, 5) is 11.4. The zero-order valence-corrected chi connectivity index (χ0v) is 11.5. The average Bonchev–Trinajstić information content (AvgIpc) is 2.34. The average molecular weight is 327 g/mol.